The minimum atomic E-state index is -0.316. The topological polar surface area (TPSA) is 73.2 Å². The number of carbonyl (C=O) groups excluding carboxylic acids is 2. The largest absolute Gasteiger partial charge is 0.466 e. The van der Waals surface area contributed by atoms with Gasteiger partial charge < -0.3 is 10.1 Å². The summed E-state index contributed by atoms with van der Waals surface area (Å²) in [4.78, 5) is 24.1. The van der Waals surface area contributed by atoms with Gasteiger partial charge in [0.15, 0.2) is 0 Å². The Kier molecular flexibility index (Phi) is 8.62. The van der Waals surface area contributed by atoms with Gasteiger partial charge in [0.2, 0.25) is 0 Å². The van der Waals surface area contributed by atoms with Gasteiger partial charge in [0.25, 0.3) is 5.91 Å². The number of carbonyl (C=O) groups is 2. The molecule has 0 spiro atoms. The van der Waals surface area contributed by atoms with E-state index in [2.05, 4.69) is 74.1 Å². The van der Waals surface area contributed by atoms with Gasteiger partial charge >= 0.3 is 5.97 Å². The van der Waals surface area contributed by atoms with Gasteiger partial charge in [-0.3, -0.25) is 14.3 Å². The number of hydrogen-bond donors (Lipinski definition) is 1. The van der Waals surface area contributed by atoms with Crippen LogP contribution in [0, 0.1) is 20.8 Å². The van der Waals surface area contributed by atoms with E-state index in [-0.39, 0.29) is 30.9 Å². The molecule has 0 bridgehead atoms. The number of amides is 1. The summed E-state index contributed by atoms with van der Waals surface area (Å²) in [5.41, 5.74) is 9.13. The van der Waals surface area contributed by atoms with E-state index in [1.165, 1.54) is 33.4 Å². The van der Waals surface area contributed by atoms with Crippen LogP contribution >= 0.6 is 0 Å². The molecule has 38 heavy (non-hydrogen) atoms. The fourth-order valence-electron chi connectivity index (χ4n) is 5.27. The number of aromatic nitrogens is 2. The molecule has 4 aromatic rings. The zero-order chi connectivity index (χ0) is 27.2. The third-order valence-electron chi connectivity index (χ3n) is 6.90. The van der Waals surface area contributed by atoms with Crippen molar-refractivity contribution in [1.82, 2.24) is 15.1 Å². The molecule has 1 heterocycles. The maximum atomic E-state index is 12.6. The molecular formula is C32H37N3O3. The monoisotopic (exact) mass is 511 g/mol. The van der Waals surface area contributed by atoms with Crippen molar-refractivity contribution in [3.63, 3.8) is 0 Å². The highest BCUT2D eigenvalue weighted by Crippen LogP contribution is 2.32. The van der Waals surface area contributed by atoms with Crippen molar-refractivity contribution in [2.45, 2.75) is 59.9 Å². The summed E-state index contributed by atoms with van der Waals surface area (Å²) in [6.07, 6.45) is 3.95. The SMILES string of the molecule is CCCC(c1ccc(-c2c(C)cc(C)cc2C)cc1)n1ncc2cc(C(=O)NCCC(=O)OCC)ccc21. The summed E-state index contributed by atoms with van der Waals surface area (Å²) in [5, 5.41) is 8.44. The Morgan fingerprint density at radius 3 is 2.34 bits per heavy atom. The fourth-order valence-corrected chi connectivity index (χ4v) is 5.27. The van der Waals surface area contributed by atoms with Crippen LogP contribution in [-0.4, -0.2) is 34.8 Å². The lowest BCUT2D eigenvalue weighted by molar-refractivity contribution is -0.142. The van der Waals surface area contributed by atoms with Crippen LogP contribution in [0.25, 0.3) is 22.0 Å². The molecule has 0 aliphatic rings. The molecule has 1 amide bonds. The van der Waals surface area contributed by atoms with Gasteiger partial charge in [0.05, 0.1) is 30.8 Å². The van der Waals surface area contributed by atoms with Crippen LogP contribution in [0.4, 0.5) is 0 Å². The number of nitrogens with zero attached hydrogens (tertiary/aromatic N) is 2. The molecular weight excluding hydrogens is 474 g/mol. The second-order valence-electron chi connectivity index (χ2n) is 9.87. The number of ether oxygens (including phenoxy) is 1. The van der Waals surface area contributed by atoms with Crippen LogP contribution in [0.1, 0.15) is 71.8 Å². The first-order valence-corrected chi connectivity index (χ1v) is 13.4. The quantitative estimate of drug-likeness (QED) is 0.240. The third-order valence-corrected chi connectivity index (χ3v) is 6.90. The normalized spacial score (nSPS) is 11.9. The summed E-state index contributed by atoms with van der Waals surface area (Å²) in [5.74, 6) is -0.532. The molecule has 0 aliphatic heterocycles. The van der Waals surface area contributed by atoms with E-state index < -0.39 is 0 Å². The third kappa shape index (κ3) is 5.96. The van der Waals surface area contributed by atoms with E-state index in [0.717, 1.165) is 23.7 Å². The molecule has 4 rings (SSSR count). The van der Waals surface area contributed by atoms with E-state index in [9.17, 15) is 9.59 Å². The summed E-state index contributed by atoms with van der Waals surface area (Å²) in [7, 11) is 0. The highest BCUT2D eigenvalue weighted by Gasteiger charge is 2.18. The van der Waals surface area contributed by atoms with Gasteiger partial charge in [0, 0.05) is 17.5 Å². The number of nitrogens with one attached hydrogen (secondary N) is 1. The summed E-state index contributed by atoms with van der Waals surface area (Å²) in [6, 6.07) is 19.1. The van der Waals surface area contributed by atoms with Crippen molar-refractivity contribution in [1.29, 1.82) is 0 Å². The molecule has 0 saturated carbocycles. The number of benzene rings is 3. The lowest BCUT2D eigenvalue weighted by Gasteiger charge is -2.20. The minimum Gasteiger partial charge on any atom is -0.466 e. The Hall–Kier alpha value is -3.93. The van der Waals surface area contributed by atoms with Gasteiger partial charge in [0.1, 0.15) is 0 Å². The lowest BCUT2D eigenvalue weighted by atomic mass is 9.92. The summed E-state index contributed by atoms with van der Waals surface area (Å²) < 4.78 is 6.98. The van der Waals surface area contributed by atoms with E-state index in [4.69, 9.17) is 9.84 Å². The molecule has 0 aliphatic carbocycles. The lowest BCUT2D eigenvalue weighted by Crippen LogP contribution is -2.26. The molecule has 1 atom stereocenters. The van der Waals surface area contributed by atoms with Crippen molar-refractivity contribution in [2.75, 3.05) is 13.2 Å². The number of hydrogen-bond acceptors (Lipinski definition) is 4. The average Bonchev–Trinajstić information content (AvgIpc) is 3.30. The van der Waals surface area contributed by atoms with Crippen LogP contribution in [0.15, 0.2) is 60.8 Å². The minimum absolute atomic E-state index is 0.0935. The number of rotatable bonds is 10. The predicted octanol–water partition coefficient (Wildman–Crippen LogP) is 6.70. The van der Waals surface area contributed by atoms with Gasteiger partial charge in [-0.2, -0.15) is 5.10 Å². The zero-order valence-electron chi connectivity index (χ0n) is 23.0. The highest BCUT2D eigenvalue weighted by molar-refractivity contribution is 5.98. The van der Waals surface area contributed by atoms with Crippen LogP contribution in [0.2, 0.25) is 0 Å². The second-order valence-corrected chi connectivity index (χ2v) is 9.87. The smallest absolute Gasteiger partial charge is 0.307 e. The van der Waals surface area contributed by atoms with Crippen molar-refractivity contribution in [3.8, 4) is 11.1 Å². The van der Waals surface area contributed by atoms with Gasteiger partial charge in [-0.05, 0) is 80.1 Å². The standard InChI is InChI=1S/C32H37N3O3/c1-6-8-28(24-9-11-25(12-10-24)31-22(4)17-21(3)18-23(31)5)35-29-14-13-26(19-27(29)20-34-35)32(37)33-16-15-30(36)38-7-2/h9-14,17-20,28H,6-8,15-16H2,1-5H3,(H,33,37). The van der Waals surface area contributed by atoms with Gasteiger partial charge in [-0.1, -0.05) is 55.3 Å². The van der Waals surface area contributed by atoms with Crippen LogP contribution < -0.4 is 5.32 Å². The Morgan fingerprint density at radius 2 is 1.68 bits per heavy atom. The molecule has 6 heteroatoms. The molecule has 1 aromatic heterocycles. The first-order valence-electron chi connectivity index (χ1n) is 13.4. The van der Waals surface area contributed by atoms with Crippen molar-refractivity contribution < 1.29 is 14.3 Å². The van der Waals surface area contributed by atoms with Crippen LogP contribution in [-0.2, 0) is 9.53 Å². The average molecular weight is 512 g/mol. The summed E-state index contributed by atoms with van der Waals surface area (Å²) >= 11 is 0. The first-order chi connectivity index (χ1) is 18.3. The molecule has 0 saturated heterocycles. The maximum absolute atomic E-state index is 12.6. The Morgan fingerprint density at radius 1 is 0.974 bits per heavy atom. The van der Waals surface area contributed by atoms with Gasteiger partial charge in [-0.15, -0.1) is 0 Å². The zero-order valence-corrected chi connectivity index (χ0v) is 23.0. The molecule has 3 aromatic carbocycles. The molecule has 198 valence electrons. The fraction of sp³-hybridized carbons (Fsp3) is 0.344. The molecule has 1 N–H and O–H groups in total. The van der Waals surface area contributed by atoms with Crippen molar-refractivity contribution in [2.24, 2.45) is 0 Å². The molecule has 1 unspecified atom stereocenters. The Labute approximate surface area is 225 Å². The van der Waals surface area contributed by atoms with Crippen LogP contribution in [0.3, 0.4) is 0 Å². The first kappa shape index (κ1) is 27.1. The number of esters is 1. The number of fused-ring (bicyclic) bond motifs is 1. The predicted molar refractivity (Wildman–Crippen MR) is 152 cm³/mol. The van der Waals surface area contributed by atoms with E-state index in [1.807, 2.05) is 24.4 Å². The molecule has 6 nitrogen and oxygen atoms in total. The van der Waals surface area contributed by atoms with E-state index in [1.54, 1.807) is 6.92 Å². The maximum Gasteiger partial charge on any atom is 0.307 e. The summed E-state index contributed by atoms with van der Waals surface area (Å²) in [6.45, 7) is 11.0. The number of aryl methyl sites for hydroxylation is 3. The van der Waals surface area contributed by atoms with E-state index >= 15 is 0 Å². The van der Waals surface area contributed by atoms with Crippen molar-refractivity contribution >= 4 is 22.8 Å². The second kappa shape index (κ2) is 12.1. The van der Waals surface area contributed by atoms with Crippen LogP contribution in [0.5, 0.6) is 0 Å². The van der Waals surface area contributed by atoms with E-state index in [0.29, 0.717) is 12.2 Å². The molecule has 0 radical (unpaired) electrons. The Bertz CT molecular complexity index is 1410. The van der Waals surface area contributed by atoms with Gasteiger partial charge in [-0.25, -0.2) is 0 Å². The highest BCUT2D eigenvalue weighted by atomic mass is 16.5. The molecule has 0 fully saturated rings. The Balaban J connectivity index is 1.56. The van der Waals surface area contributed by atoms with Crippen molar-refractivity contribution in [3.05, 3.63) is 88.6 Å².